The Labute approximate surface area is 230 Å². The highest BCUT2D eigenvalue weighted by Crippen LogP contribution is 2.32. The quantitative estimate of drug-likeness (QED) is 0.235. The minimum atomic E-state index is -0.539. The van der Waals surface area contributed by atoms with Crippen LogP contribution in [0.25, 0.3) is 10.9 Å². The topological polar surface area (TPSA) is 119 Å². The molecule has 0 aliphatic carbocycles. The summed E-state index contributed by atoms with van der Waals surface area (Å²) < 4.78 is 16.5. The average Bonchev–Trinajstić information content (AvgIpc) is 2.98. The number of nitrogens with one attached hydrogen (secondary N) is 2. The van der Waals surface area contributed by atoms with Gasteiger partial charge in [-0.3, -0.25) is 19.5 Å². The lowest BCUT2D eigenvalue weighted by molar-refractivity contribution is 0.0998. The summed E-state index contributed by atoms with van der Waals surface area (Å²) >= 11 is 0. The number of fused-ring (bicyclic) bond motifs is 1. The lowest BCUT2D eigenvalue weighted by Crippen LogP contribution is -2.33. The third-order valence-corrected chi connectivity index (χ3v) is 6.10. The maximum atomic E-state index is 13.9. The van der Waals surface area contributed by atoms with E-state index in [9.17, 15) is 9.59 Å². The molecule has 40 heavy (non-hydrogen) atoms. The van der Waals surface area contributed by atoms with Gasteiger partial charge >= 0.3 is 0 Å². The van der Waals surface area contributed by atoms with Gasteiger partial charge in [0.25, 0.3) is 11.5 Å². The number of rotatable bonds is 10. The van der Waals surface area contributed by atoms with Gasteiger partial charge in [0.2, 0.25) is 0 Å². The van der Waals surface area contributed by atoms with E-state index in [0.717, 1.165) is 10.9 Å². The lowest BCUT2D eigenvalue weighted by Gasteiger charge is -2.23. The third-order valence-electron chi connectivity index (χ3n) is 6.10. The molecule has 10 nitrogen and oxygen atoms in total. The van der Waals surface area contributed by atoms with Gasteiger partial charge in [0.1, 0.15) is 28.6 Å². The van der Waals surface area contributed by atoms with Gasteiger partial charge in [-0.05, 0) is 48.5 Å². The molecule has 0 fully saturated rings. The Balaban J connectivity index is 1.48. The molecule has 3 heterocycles. The smallest absolute Gasteiger partial charge is 0.271 e. The molecule has 0 unspecified atom stereocenters. The summed E-state index contributed by atoms with van der Waals surface area (Å²) in [6.45, 7) is 0.832. The van der Waals surface area contributed by atoms with Crippen molar-refractivity contribution >= 4 is 34.0 Å². The van der Waals surface area contributed by atoms with Gasteiger partial charge in [-0.25, -0.2) is 4.98 Å². The molecule has 3 aromatic heterocycles. The zero-order chi connectivity index (χ0) is 27.9. The number of nitrogens with zero attached hydrogens (tertiary/aromatic N) is 3. The second-order valence-electron chi connectivity index (χ2n) is 8.64. The predicted molar refractivity (Wildman–Crippen MR) is 153 cm³/mol. The van der Waals surface area contributed by atoms with Gasteiger partial charge in [-0.2, -0.15) is 0 Å². The molecule has 5 rings (SSSR count). The van der Waals surface area contributed by atoms with Crippen molar-refractivity contribution in [3.05, 3.63) is 107 Å². The highest BCUT2D eigenvalue weighted by atomic mass is 16.5. The van der Waals surface area contributed by atoms with E-state index in [1.165, 1.54) is 17.3 Å². The van der Waals surface area contributed by atoms with Gasteiger partial charge in [0.05, 0.1) is 36.8 Å². The number of carbonyl (C=O) groups is 1. The third kappa shape index (κ3) is 5.62. The monoisotopic (exact) mass is 537 g/mol. The Morgan fingerprint density at radius 3 is 2.55 bits per heavy atom. The van der Waals surface area contributed by atoms with Gasteiger partial charge in [0, 0.05) is 37.5 Å². The fourth-order valence-corrected chi connectivity index (χ4v) is 4.18. The Morgan fingerprint density at radius 2 is 1.80 bits per heavy atom. The molecular weight excluding hydrogens is 510 g/mol. The molecule has 202 valence electrons. The maximum absolute atomic E-state index is 13.9. The van der Waals surface area contributed by atoms with E-state index in [1.807, 2.05) is 36.4 Å². The Bertz CT molecular complexity index is 1670. The average molecular weight is 538 g/mol. The summed E-state index contributed by atoms with van der Waals surface area (Å²) in [5.41, 5.74) is 1.12. The first kappa shape index (κ1) is 26.4. The number of methoxy groups -OCH3 is 2. The number of anilines is 3. The molecule has 0 aliphatic heterocycles. The largest absolute Gasteiger partial charge is 0.497 e. The van der Waals surface area contributed by atoms with Crippen LogP contribution in [0, 0.1) is 0 Å². The molecule has 0 saturated carbocycles. The fourth-order valence-electron chi connectivity index (χ4n) is 4.18. The van der Waals surface area contributed by atoms with Crippen molar-refractivity contribution in [1.29, 1.82) is 0 Å². The molecule has 1 amide bonds. The van der Waals surface area contributed by atoms with E-state index >= 15 is 0 Å². The van der Waals surface area contributed by atoms with Crippen LogP contribution >= 0.6 is 0 Å². The number of H-pyrrole nitrogens is 1. The number of hydrogen-bond donors (Lipinski definition) is 2. The van der Waals surface area contributed by atoms with Crippen molar-refractivity contribution in [1.82, 2.24) is 15.0 Å². The van der Waals surface area contributed by atoms with Gasteiger partial charge in [0.15, 0.2) is 0 Å². The normalized spacial score (nSPS) is 10.8. The van der Waals surface area contributed by atoms with Crippen LogP contribution in [0.3, 0.4) is 0 Å². The Kier molecular flexibility index (Phi) is 7.98. The molecule has 5 aromatic rings. The number of para-hydroxylation sites is 1. The highest BCUT2D eigenvalue weighted by molar-refractivity contribution is 6.13. The van der Waals surface area contributed by atoms with Gasteiger partial charge < -0.3 is 24.5 Å². The van der Waals surface area contributed by atoms with Crippen LogP contribution in [-0.2, 0) is 4.74 Å². The maximum Gasteiger partial charge on any atom is 0.271 e. The zero-order valence-corrected chi connectivity index (χ0v) is 22.0. The molecule has 2 N–H and O–H groups in total. The first-order chi connectivity index (χ1) is 19.6. The minimum absolute atomic E-state index is 0.0386. The predicted octanol–water partition coefficient (Wildman–Crippen LogP) is 5.16. The second-order valence-corrected chi connectivity index (χ2v) is 8.64. The number of aromatic nitrogens is 3. The Hall–Kier alpha value is -5.22. The Morgan fingerprint density at radius 1 is 0.975 bits per heavy atom. The number of amides is 1. The summed E-state index contributed by atoms with van der Waals surface area (Å²) in [7, 11) is 3.18. The number of pyridine rings is 3. The van der Waals surface area contributed by atoms with Crippen LogP contribution in [0.1, 0.15) is 10.4 Å². The van der Waals surface area contributed by atoms with Crippen LogP contribution < -0.4 is 25.2 Å². The van der Waals surface area contributed by atoms with Crippen LogP contribution in [0.4, 0.5) is 17.2 Å². The van der Waals surface area contributed by atoms with Crippen molar-refractivity contribution in [2.45, 2.75) is 0 Å². The van der Waals surface area contributed by atoms with E-state index in [4.69, 9.17) is 14.2 Å². The summed E-state index contributed by atoms with van der Waals surface area (Å²) in [5, 5.41) is 3.92. The number of benzene rings is 2. The summed E-state index contributed by atoms with van der Waals surface area (Å²) in [5.74, 6) is 1.54. The zero-order valence-electron chi connectivity index (χ0n) is 22.0. The molecule has 0 aliphatic rings. The van der Waals surface area contributed by atoms with Gasteiger partial charge in [-0.15, -0.1) is 0 Å². The van der Waals surface area contributed by atoms with Crippen molar-refractivity contribution in [3.8, 4) is 17.2 Å². The molecule has 10 heteroatoms. The highest BCUT2D eigenvalue weighted by Gasteiger charge is 2.26. The molecule has 0 atom stereocenters. The summed E-state index contributed by atoms with van der Waals surface area (Å²) in [6, 6.07) is 21.4. The summed E-state index contributed by atoms with van der Waals surface area (Å²) in [4.78, 5) is 39.7. The van der Waals surface area contributed by atoms with Crippen LogP contribution in [-0.4, -0.2) is 48.2 Å². The molecule has 0 spiro atoms. The number of carbonyl (C=O) groups excluding carboxylic acids is 1. The van der Waals surface area contributed by atoms with E-state index in [0.29, 0.717) is 47.6 Å². The van der Waals surface area contributed by atoms with Crippen LogP contribution in [0.2, 0.25) is 0 Å². The number of ether oxygens (including phenoxy) is 3. The van der Waals surface area contributed by atoms with E-state index in [1.54, 1.807) is 56.8 Å². The minimum Gasteiger partial charge on any atom is -0.497 e. The lowest BCUT2D eigenvalue weighted by atomic mass is 10.1. The molecule has 0 saturated heterocycles. The van der Waals surface area contributed by atoms with Crippen molar-refractivity contribution in [3.63, 3.8) is 0 Å². The molecule has 0 bridgehead atoms. The van der Waals surface area contributed by atoms with Crippen molar-refractivity contribution < 1.29 is 19.0 Å². The first-order valence-electron chi connectivity index (χ1n) is 12.5. The van der Waals surface area contributed by atoms with Gasteiger partial charge in [-0.1, -0.05) is 18.2 Å². The number of hydrogen-bond acceptors (Lipinski definition) is 8. The van der Waals surface area contributed by atoms with E-state index in [2.05, 4.69) is 20.3 Å². The van der Waals surface area contributed by atoms with Crippen LogP contribution in [0.5, 0.6) is 17.2 Å². The standard InChI is InChI=1S/C30H27N5O5/c1-38-17-16-32-24-12-14-33-29(36)28(24)30(37)35(20-6-4-3-5-7-20)27-11-9-22(19-34-27)40-26-13-15-31-25-18-21(39-2)8-10-23(25)26/h3-15,18-19H,16-17H2,1-2H3,(H2,32,33,36). The van der Waals surface area contributed by atoms with Crippen molar-refractivity contribution in [2.75, 3.05) is 37.6 Å². The fraction of sp³-hybridized carbons (Fsp3) is 0.133. The molecule has 0 radical (unpaired) electrons. The van der Waals surface area contributed by atoms with E-state index in [-0.39, 0.29) is 5.56 Å². The van der Waals surface area contributed by atoms with Crippen molar-refractivity contribution in [2.24, 2.45) is 0 Å². The van der Waals surface area contributed by atoms with Crippen LogP contribution in [0.15, 0.2) is 96.2 Å². The number of aromatic amines is 1. The second kappa shape index (κ2) is 12.1. The SMILES string of the molecule is COCCNc1cc[nH]c(=O)c1C(=O)N(c1ccccc1)c1ccc(Oc2ccnc3cc(OC)ccc23)cn1. The molecular formula is C30H27N5O5. The summed E-state index contributed by atoms with van der Waals surface area (Å²) in [6.07, 6.45) is 4.68. The molecule has 2 aromatic carbocycles. The van der Waals surface area contributed by atoms with E-state index < -0.39 is 11.5 Å². The first-order valence-corrected chi connectivity index (χ1v) is 12.5.